The molecule has 2 N–H and O–H groups in total. The van der Waals surface area contributed by atoms with Crippen molar-refractivity contribution in [3.8, 4) is 0 Å². The number of benzene rings is 2. The van der Waals surface area contributed by atoms with E-state index in [9.17, 15) is 0 Å². The second kappa shape index (κ2) is 8.63. The summed E-state index contributed by atoms with van der Waals surface area (Å²) in [6.07, 6.45) is 0. The van der Waals surface area contributed by atoms with Crippen molar-refractivity contribution in [2.45, 2.75) is 22.9 Å². The molecule has 22 heavy (non-hydrogen) atoms. The Morgan fingerprint density at radius 3 is 1.59 bits per heavy atom. The lowest BCUT2D eigenvalue weighted by Gasteiger charge is -2.14. The van der Waals surface area contributed by atoms with Crippen LogP contribution in [0.3, 0.4) is 0 Å². The minimum Gasteiger partial charge on any atom is -0.311 e. The van der Waals surface area contributed by atoms with E-state index < -0.39 is 0 Å². The summed E-state index contributed by atoms with van der Waals surface area (Å²) in [6.45, 7) is 3.89. The second-order valence-electron chi connectivity index (χ2n) is 5.27. The van der Waals surface area contributed by atoms with Gasteiger partial charge in [-0.1, -0.05) is 36.4 Å². The third kappa shape index (κ3) is 4.53. The summed E-state index contributed by atoms with van der Waals surface area (Å²) in [4.78, 5) is 2.82. The van der Waals surface area contributed by atoms with E-state index in [2.05, 4.69) is 59.2 Å². The molecule has 0 aliphatic carbocycles. The molecule has 0 spiro atoms. The van der Waals surface area contributed by atoms with Crippen molar-refractivity contribution in [3.05, 3.63) is 59.7 Å². The van der Waals surface area contributed by atoms with Gasteiger partial charge in [-0.15, -0.1) is 23.5 Å². The zero-order valence-electron chi connectivity index (χ0n) is 12.7. The van der Waals surface area contributed by atoms with Gasteiger partial charge >= 0.3 is 0 Å². The van der Waals surface area contributed by atoms with Gasteiger partial charge in [0, 0.05) is 47.5 Å². The van der Waals surface area contributed by atoms with Crippen LogP contribution < -0.4 is 10.6 Å². The normalized spacial score (nSPS) is 17.1. The number of fused-ring (bicyclic) bond motifs is 2. The Morgan fingerprint density at radius 1 is 0.636 bits per heavy atom. The molecule has 0 bridgehead atoms. The van der Waals surface area contributed by atoms with Crippen molar-refractivity contribution >= 4 is 23.5 Å². The zero-order valence-corrected chi connectivity index (χ0v) is 14.3. The first-order valence-electron chi connectivity index (χ1n) is 7.76. The Balaban J connectivity index is 1.70. The summed E-state index contributed by atoms with van der Waals surface area (Å²) >= 11 is 3.94. The van der Waals surface area contributed by atoms with E-state index in [0.29, 0.717) is 0 Å². The van der Waals surface area contributed by atoms with Crippen molar-refractivity contribution in [2.24, 2.45) is 0 Å². The van der Waals surface area contributed by atoms with Crippen LogP contribution >= 0.6 is 23.5 Å². The molecule has 116 valence electrons. The number of hydrogen-bond acceptors (Lipinski definition) is 4. The third-order valence-electron chi connectivity index (χ3n) is 3.65. The fourth-order valence-electron chi connectivity index (χ4n) is 2.51. The first-order chi connectivity index (χ1) is 10.9. The molecular formula is C18H22N2S2. The van der Waals surface area contributed by atoms with E-state index in [0.717, 1.165) is 37.7 Å². The van der Waals surface area contributed by atoms with Crippen LogP contribution in [0.15, 0.2) is 58.3 Å². The molecule has 0 amide bonds. The highest BCUT2D eigenvalue weighted by atomic mass is 32.2. The Bertz CT molecular complexity index is 548. The van der Waals surface area contributed by atoms with Gasteiger partial charge in [0.1, 0.15) is 0 Å². The van der Waals surface area contributed by atoms with Gasteiger partial charge in [0.15, 0.2) is 0 Å². The maximum Gasteiger partial charge on any atom is 0.0217 e. The SMILES string of the molecule is c1ccc2c(c1)CNCCNCc1ccccc1SCCS2. The standard InChI is InChI=1S/C18H22N2S2/c1-3-7-17-15(5-1)13-19-9-10-20-14-16-6-2-4-8-18(16)22-12-11-21-17/h1-8,19-20H,9-14H2. The summed E-state index contributed by atoms with van der Waals surface area (Å²) in [6, 6.07) is 17.5. The second-order valence-corrected chi connectivity index (χ2v) is 7.54. The Labute approximate surface area is 141 Å². The molecule has 0 unspecified atom stereocenters. The van der Waals surface area contributed by atoms with Gasteiger partial charge in [-0.25, -0.2) is 0 Å². The van der Waals surface area contributed by atoms with E-state index in [1.807, 2.05) is 23.5 Å². The van der Waals surface area contributed by atoms with Crippen molar-refractivity contribution < 1.29 is 0 Å². The highest BCUT2D eigenvalue weighted by molar-refractivity contribution is 8.03. The molecule has 0 saturated carbocycles. The highest BCUT2D eigenvalue weighted by Crippen LogP contribution is 2.27. The van der Waals surface area contributed by atoms with Gasteiger partial charge in [-0.05, 0) is 23.3 Å². The van der Waals surface area contributed by atoms with Crippen LogP contribution in [0.25, 0.3) is 0 Å². The van der Waals surface area contributed by atoms with Crippen molar-refractivity contribution in [2.75, 3.05) is 24.6 Å². The molecule has 2 nitrogen and oxygen atoms in total. The van der Waals surface area contributed by atoms with E-state index >= 15 is 0 Å². The molecule has 2 aromatic rings. The maximum atomic E-state index is 3.54. The molecule has 0 radical (unpaired) electrons. The van der Waals surface area contributed by atoms with Gasteiger partial charge in [0.25, 0.3) is 0 Å². The van der Waals surface area contributed by atoms with Gasteiger partial charge in [-0.2, -0.15) is 0 Å². The molecule has 2 aromatic carbocycles. The minimum atomic E-state index is 0.953. The van der Waals surface area contributed by atoms with E-state index in [-0.39, 0.29) is 0 Å². The van der Waals surface area contributed by atoms with Crippen molar-refractivity contribution in [1.29, 1.82) is 0 Å². The summed E-state index contributed by atoms with van der Waals surface area (Å²) in [7, 11) is 0. The molecule has 3 rings (SSSR count). The Morgan fingerprint density at radius 2 is 1.09 bits per heavy atom. The monoisotopic (exact) mass is 330 g/mol. The average Bonchev–Trinajstić information content (AvgIpc) is 2.56. The lowest BCUT2D eigenvalue weighted by Crippen LogP contribution is -2.27. The van der Waals surface area contributed by atoms with Gasteiger partial charge in [0.2, 0.25) is 0 Å². The summed E-state index contributed by atoms with van der Waals surface area (Å²) in [5, 5.41) is 7.08. The lowest BCUT2D eigenvalue weighted by molar-refractivity contribution is 0.605. The first-order valence-corrected chi connectivity index (χ1v) is 9.73. The number of thioether (sulfide) groups is 2. The largest absolute Gasteiger partial charge is 0.311 e. The average molecular weight is 331 g/mol. The van der Waals surface area contributed by atoms with Crippen LogP contribution in [0.2, 0.25) is 0 Å². The smallest absolute Gasteiger partial charge is 0.0217 e. The quantitative estimate of drug-likeness (QED) is 0.768. The van der Waals surface area contributed by atoms with Crippen LogP contribution in [0.5, 0.6) is 0 Å². The molecule has 0 aromatic heterocycles. The topological polar surface area (TPSA) is 24.1 Å². The fourth-order valence-corrected chi connectivity index (χ4v) is 4.61. The summed E-state index contributed by atoms with van der Waals surface area (Å²) < 4.78 is 0. The molecule has 4 heteroatoms. The van der Waals surface area contributed by atoms with E-state index in [1.54, 1.807) is 0 Å². The van der Waals surface area contributed by atoms with Gasteiger partial charge in [0.05, 0.1) is 0 Å². The van der Waals surface area contributed by atoms with E-state index in [4.69, 9.17) is 0 Å². The molecular weight excluding hydrogens is 308 g/mol. The molecule has 1 heterocycles. The van der Waals surface area contributed by atoms with Crippen molar-refractivity contribution in [1.82, 2.24) is 10.6 Å². The summed E-state index contributed by atoms with van der Waals surface area (Å²) in [5.41, 5.74) is 2.82. The number of nitrogens with one attached hydrogen (secondary N) is 2. The van der Waals surface area contributed by atoms with Crippen LogP contribution in [-0.2, 0) is 13.1 Å². The molecule has 0 atom stereocenters. The van der Waals surface area contributed by atoms with Crippen LogP contribution in [0.1, 0.15) is 11.1 Å². The maximum absolute atomic E-state index is 3.54. The van der Waals surface area contributed by atoms with Crippen LogP contribution in [0, 0.1) is 0 Å². The Kier molecular flexibility index (Phi) is 6.25. The van der Waals surface area contributed by atoms with Gasteiger partial charge < -0.3 is 10.6 Å². The molecule has 1 aliphatic heterocycles. The van der Waals surface area contributed by atoms with Crippen molar-refractivity contribution in [3.63, 3.8) is 0 Å². The predicted molar refractivity (Wildman–Crippen MR) is 97.7 cm³/mol. The number of rotatable bonds is 0. The highest BCUT2D eigenvalue weighted by Gasteiger charge is 2.06. The van der Waals surface area contributed by atoms with Crippen LogP contribution in [0.4, 0.5) is 0 Å². The Hall–Kier alpha value is -0.940. The zero-order chi connectivity index (χ0) is 15.0. The third-order valence-corrected chi connectivity index (χ3v) is 6.15. The molecule has 0 fully saturated rings. The number of hydrogen-bond donors (Lipinski definition) is 2. The van der Waals surface area contributed by atoms with Crippen LogP contribution in [-0.4, -0.2) is 24.6 Å². The predicted octanol–water partition coefficient (Wildman–Crippen LogP) is 3.76. The minimum absolute atomic E-state index is 0.953. The molecule has 1 aliphatic rings. The molecule has 0 saturated heterocycles. The first kappa shape index (κ1) is 15.9. The van der Waals surface area contributed by atoms with E-state index in [1.165, 1.54) is 20.9 Å². The van der Waals surface area contributed by atoms with Gasteiger partial charge in [-0.3, -0.25) is 0 Å². The fraction of sp³-hybridized carbons (Fsp3) is 0.333. The summed E-state index contributed by atoms with van der Waals surface area (Å²) in [5.74, 6) is 2.28. The lowest BCUT2D eigenvalue weighted by atomic mass is 10.2.